The highest BCUT2D eigenvalue weighted by Gasteiger charge is 2.10. The van der Waals surface area contributed by atoms with Crippen LogP contribution in [-0.2, 0) is 11.3 Å². The summed E-state index contributed by atoms with van der Waals surface area (Å²) in [5.41, 5.74) is 3.09. The molecule has 0 radical (unpaired) electrons. The Kier molecular flexibility index (Phi) is 4.75. The number of nitrogens with zero attached hydrogens (tertiary/aromatic N) is 2. The predicted octanol–water partition coefficient (Wildman–Crippen LogP) is 4.31. The number of imidazole rings is 1. The largest absolute Gasteiger partial charge is 0.325 e. The number of aromatic nitrogens is 2. The van der Waals surface area contributed by atoms with Gasteiger partial charge in [-0.3, -0.25) is 4.79 Å². The molecule has 0 unspecified atom stereocenters. The second-order valence-corrected chi connectivity index (χ2v) is 6.06. The summed E-state index contributed by atoms with van der Waals surface area (Å²) in [6.45, 7) is 4.41. The first-order chi connectivity index (χ1) is 11.6. The van der Waals surface area contributed by atoms with Gasteiger partial charge in [0.1, 0.15) is 12.4 Å². The molecule has 4 nitrogen and oxygen atoms in total. The third-order valence-electron chi connectivity index (χ3n) is 3.85. The first kappa shape index (κ1) is 16.0. The van der Waals surface area contributed by atoms with Gasteiger partial charge in [-0.1, -0.05) is 56.3 Å². The maximum atomic E-state index is 12.2. The van der Waals surface area contributed by atoms with Crippen LogP contribution in [0, 0.1) is 0 Å². The Balaban J connectivity index is 1.65. The van der Waals surface area contributed by atoms with E-state index >= 15 is 0 Å². The van der Waals surface area contributed by atoms with Gasteiger partial charge in [0.05, 0.1) is 0 Å². The molecule has 1 amide bonds. The number of benzene rings is 2. The highest BCUT2D eigenvalue weighted by molar-refractivity contribution is 5.90. The quantitative estimate of drug-likeness (QED) is 0.761. The molecule has 1 N–H and O–H groups in total. The molecular weight excluding hydrogens is 298 g/mol. The topological polar surface area (TPSA) is 46.9 Å². The molecule has 4 heteroatoms. The van der Waals surface area contributed by atoms with Crippen LogP contribution in [0.2, 0.25) is 0 Å². The molecule has 0 bridgehead atoms. The van der Waals surface area contributed by atoms with Gasteiger partial charge in [-0.05, 0) is 23.3 Å². The maximum Gasteiger partial charge on any atom is 0.244 e. The summed E-state index contributed by atoms with van der Waals surface area (Å²) in [5.74, 6) is 1.16. The van der Waals surface area contributed by atoms with Crippen molar-refractivity contribution in [2.24, 2.45) is 0 Å². The first-order valence-corrected chi connectivity index (χ1v) is 8.10. The third kappa shape index (κ3) is 3.71. The van der Waals surface area contributed by atoms with E-state index in [1.54, 1.807) is 6.20 Å². The van der Waals surface area contributed by atoms with Crippen molar-refractivity contribution in [3.8, 4) is 11.1 Å². The van der Waals surface area contributed by atoms with Gasteiger partial charge in [0.2, 0.25) is 5.91 Å². The Labute approximate surface area is 142 Å². The molecule has 0 atom stereocenters. The molecule has 0 aliphatic heterocycles. The molecule has 3 aromatic rings. The number of nitrogens with one attached hydrogen (secondary N) is 1. The Bertz CT molecular complexity index is 804. The van der Waals surface area contributed by atoms with E-state index in [1.807, 2.05) is 53.2 Å². The van der Waals surface area contributed by atoms with E-state index in [0.717, 1.165) is 22.6 Å². The third-order valence-corrected chi connectivity index (χ3v) is 3.85. The Hall–Kier alpha value is -2.88. The van der Waals surface area contributed by atoms with Crippen molar-refractivity contribution in [2.45, 2.75) is 26.3 Å². The minimum atomic E-state index is -0.0534. The zero-order valence-corrected chi connectivity index (χ0v) is 13.9. The van der Waals surface area contributed by atoms with Crippen molar-refractivity contribution in [1.29, 1.82) is 0 Å². The minimum absolute atomic E-state index is 0.0534. The van der Waals surface area contributed by atoms with Crippen LogP contribution in [0.1, 0.15) is 25.6 Å². The standard InChI is InChI=1S/C20H21N3O/c1-15(2)20-21-12-13-23(20)14-19(24)22-18-10-8-17(9-11-18)16-6-4-3-5-7-16/h3-13,15H,14H2,1-2H3,(H,22,24). The normalized spacial score (nSPS) is 10.8. The van der Waals surface area contributed by atoms with Crippen molar-refractivity contribution < 1.29 is 4.79 Å². The second-order valence-electron chi connectivity index (χ2n) is 6.06. The van der Waals surface area contributed by atoms with Crippen LogP contribution in [0.3, 0.4) is 0 Å². The summed E-state index contributed by atoms with van der Waals surface area (Å²) in [5, 5.41) is 2.94. The SMILES string of the molecule is CC(C)c1nccn1CC(=O)Nc1ccc(-c2ccccc2)cc1. The van der Waals surface area contributed by atoms with Crippen LogP contribution in [0.4, 0.5) is 5.69 Å². The maximum absolute atomic E-state index is 12.2. The molecule has 1 aromatic heterocycles. The number of anilines is 1. The van der Waals surface area contributed by atoms with E-state index in [0.29, 0.717) is 0 Å². The molecule has 3 rings (SSSR count). The molecule has 24 heavy (non-hydrogen) atoms. The predicted molar refractivity (Wildman–Crippen MR) is 96.8 cm³/mol. The number of hydrogen-bond donors (Lipinski definition) is 1. The van der Waals surface area contributed by atoms with E-state index < -0.39 is 0 Å². The molecule has 0 aliphatic carbocycles. The lowest BCUT2D eigenvalue weighted by Gasteiger charge is -2.11. The van der Waals surface area contributed by atoms with Crippen molar-refractivity contribution in [3.63, 3.8) is 0 Å². The molecule has 122 valence electrons. The molecule has 0 saturated heterocycles. The fourth-order valence-electron chi connectivity index (χ4n) is 2.69. The monoisotopic (exact) mass is 319 g/mol. The molecular formula is C20H21N3O. The summed E-state index contributed by atoms with van der Waals surface area (Å²) in [7, 11) is 0. The Morgan fingerprint density at radius 1 is 1.04 bits per heavy atom. The molecule has 0 aliphatic rings. The van der Waals surface area contributed by atoms with Gasteiger partial charge in [-0.25, -0.2) is 4.98 Å². The highest BCUT2D eigenvalue weighted by atomic mass is 16.1. The van der Waals surface area contributed by atoms with Crippen LogP contribution in [0.15, 0.2) is 67.0 Å². The fraction of sp³-hybridized carbons (Fsp3) is 0.200. The fourth-order valence-corrected chi connectivity index (χ4v) is 2.69. The highest BCUT2D eigenvalue weighted by Crippen LogP contribution is 2.21. The van der Waals surface area contributed by atoms with Gasteiger partial charge in [0.15, 0.2) is 0 Å². The summed E-state index contributed by atoms with van der Waals surface area (Å²) >= 11 is 0. The van der Waals surface area contributed by atoms with Gasteiger partial charge < -0.3 is 9.88 Å². The zero-order valence-electron chi connectivity index (χ0n) is 13.9. The second kappa shape index (κ2) is 7.13. The van der Waals surface area contributed by atoms with Gasteiger partial charge in [0, 0.05) is 24.0 Å². The van der Waals surface area contributed by atoms with Gasteiger partial charge in [0.25, 0.3) is 0 Å². The van der Waals surface area contributed by atoms with Crippen LogP contribution in [-0.4, -0.2) is 15.5 Å². The summed E-state index contributed by atoms with van der Waals surface area (Å²) in [6.07, 6.45) is 3.57. The number of rotatable bonds is 5. The molecule has 1 heterocycles. The Morgan fingerprint density at radius 2 is 1.71 bits per heavy atom. The molecule has 0 saturated carbocycles. The lowest BCUT2D eigenvalue weighted by Crippen LogP contribution is -2.20. The van der Waals surface area contributed by atoms with Crippen LogP contribution < -0.4 is 5.32 Å². The molecule has 0 spiro atoms. The summed E-state index contributed by atoms with van der Waals surface area (Å²) < 4.78 is 1.89. The van der Waals surface area contributed by atoms with E-state index in [1.165, 1.54) is 0 Å². The minimum Gasteiger partial charge on any atom is -0.325 e. The van der Waals surface area contributed by atoms with Crippen LogP contribution in [0.25, 0.3) is 11.1 Å². The molecule has 0 fully saturated rings. The van der Waals surface area contributed by atoms with Crippen molar-refractivity contribution >= 4 is 11.6 Å². The van der Waals surface area contributed by atoms with E-state index in [9.17, 15) is 4.79 Å². The van der Waals surface area contributed by atoms with Crippen molar-refractivity contribution in [1.82, 2.24) is 9.55 Å². The number of carbonyl (C=O) groups is 1. The van der Waals surface area contributed by atoms with Gasteiger partial charge in [-0.2, -0.15) is 0 Å². The van der Waals surface area contributed by atoms with Crippen LogP contribution in [0.5, 0.6) is 0 Å². The van der Waals surface area contributed by atoms with Crippen molar-refractivity contribution in [2.75, 3.05) is 5.32 Å². The van der Waals surface area contributed by atoms with Gasteiger partial charge in [-0.15, -0.1) is 0 Å². The van der Waals surface area contributed by atoms with E-state index in [4.69, 9.17) is 0 Å². The summed E-state index contributed by atoms with van der Waals surface area (Å²) in [6, 6.07) is 18.1. The zero-order chi connectivity index (χ0) is 16.9. The van der Waals surface area contributed by atoms with Gasteiger partial charge >= 0.3 is 0 Å². The number of hydrogen-bond acceptors (Lipinski definition) is 2. The number of amides is 1. The van der Waals surface area contributed by atoms with Crippen LogP contribution >= 0.6 is 0 Å². The van der Waals surface area contributed by atoms with E-state index in [2.05, 4.69) is 36.3 Å². The first-order valence-electron chi connectivity index (χ1n) is 8.10. The lowest BCUT2D eigenvalue weighted by atomic mass is 10.1. The number of carbonyl (C=O) groups excluding carboxylic acids is 1. The Morgan fingerprint density at radius 3 is 2.38 bits per heavy atom. The average molecular weight is 319 g/mol. The summed E-state index contributed by atoms with van der Waals surface area (Å²) in [4.78, 5) is 16.6. The average Bonchev–Trinajstić information content (AvgIpc) is 3.04. The molecule has 2 aromatic carbocycles. The van der Waals surface area contributed by atoms with E-state index in [-0.39, 0.29) is 18.4 Å². The van der Waals surface area contributed by atoms with Crippen molar-refractivity contribution in [3.05, 3.63) is 72.8 Å². The lowest BCUT2D eigenvalue weighted by molar-refractivity contribution is -0.116. The smallest absolute Gasteiger partial charge is 0.244 e.